The lowest BCUT2D eigenvalue weighted by Crippen LogP contribution is -2.50. The maximum absolute atomic E-state index is 14.1. The molecular weight excluding hydrogens is 671 g/mol. The summed E-state index contributed by atoms with van der Waals surface area (Å²) in [7, 11) is 4.96. The number of unbranched alkanes of at least 4 members (excludes halogenated alkanes) is 2. The molecule has 3 N–H and O–H groups in total. The van der Waals surface area contributed by atoms with E-state index in [0.29, 0.717) is 10.0 Å². The third-order valence-electron chi connectivity index (χ3n) is 9.87. The minimum Gasteiger partial charge on any atom is -0.378 e. The molecule has 4 aromatic rings. The second kappa shape index (κ2) is 16.7. The molecule has 7 nitrogen and oxygen atoms in total. The Bertz CT molecular complexity index is 1850. The number of nitrogens with one attached hydrogen (secondary N) is 3. The van der Waals surface area contributed by atoms with Crippen LogP contribution in [-0.2, 0) is 22.9 Å². The Morgan fingerprint density at radius 1 is 0.824 bits per heavy atom. The molecule has 51 heavy (non-hydrogen) atoms. The summed E-state index contributed by atoms with van der Waals surface area (Å²) < 4.78 is 29.0. The summed E-state index contributed by atoms with van der Waals surface area (Å²) in [4.78, 5) is 2.45. The minimum atomic E-state index is -3.53. The molecule has 1 aliphatic rings. The van der Waals surface area contributed by atoms with Crippen molar-refractivity contribution < 1.29 is 12.9 Å². The quantitative estimate of drug-likeness (QED) is 0.0886. The van der Waals surface area contributed by atoms with Gasteiger partial charge in [0.05, 0.1) is 30.8 Å². The molecule has 1 aliphatic heterocycles. The first-order chi connectivity index (χ1) is 24.3. The number of rotatable bonds is 14. The van der Waals surface area contributed by atoms with E-state index in [1.807, 2.05) is 49.3 Å². The third-order valence-corrected chi connectivity index (χ3v) is 12.0. The molecule has 1 unspecified atom stereocenters. The van der Waals surface area contributed by atoms with Gasteiger partial charge in [0, 0.05) is 47.8 Å². The molecule has 0 aliphatic carbocycles. The van der Waals surface area contributed by atoms with E-state index in [1.54, 1.807) is 0 Å². The van der Waals surface area contributed by atoms with Crippen LogP contribution in [0, 0.1) is 0 Å². The zero-order valence-corrected chi connectivity index (χ0v) is 32.8. The summed E-state index contributed by atoms with van der Waals surface area (Å²) in [5, 5.41) is 11.1. The molecule has 1 heterocycles. The van der Waals surface area contributed by atoms with Crippen LogP contribution in [0.5, 0.6) is 0 Å². The van der Waals surface area contributed by atoms with Crippen molar-refractivity contribution in [3.05, 3.63) is 119 Å². The number of nitrogens with zero attached hydrogens (tertiary/aromatic N) is 2. The number of hydrogen-bond donors (Lipinski definition) is 3. The van der Waals surface area contributed by atoms with E-state index in [-0.39, 0.29) is 11.8 Å². The van der Waals surface area contributed by atoms with E-state index in [9.17, 15) is 8.42 Å². The van der Waals surface area contributed by atoms with Crippen molar-refractivity contribution in [3.63, 3.8) is 0 Å². The molecule has 0 fully saturated rings. The lowest BCUT2D eigenvalue weighted by atomic mass is 9.86. The van der Waals surface area contributed by atoms with Gasteiger partial charge >= 0.3 is 0 Å². The van der Waals surface area contributed by atoms with Gasteiger partial charge < -0.3 is 20.0 Å². The molecule has 4 aromatic carbocycles. The zero-order valence-electron chi connectivity index (χ0n) is 31.2. The minimum absolute atomic E-state index is 0.107. The predicted octanol–water partition coefficient (Wildman–Crippen LogP) is 8.92. The highest BCUT2D eigenvalue weighted by molar-refractivity contribution is 7.91. The van der Waals surface area contributed by atoms with Crippen LogP contribution in [0.25, 0.3) is 0 Å². The largest absolute Gasteiger partial charge is 0.378 e. The first kappa shape index (κ1) is 38.5. The fourth-order valence-electron chi connectivity index (χ4n) is 7.27. The first-order valence-corrected chi connectivity index (χ1v) is 20.3. The summed E-state index contributed by atoms with van der Waals surface area (Å²) in [6.07, 6.45) is 5.61. The summed E-state index contributed by atoms with van der Waals surface area (Å²) in [6, 6.07) is 32.8. The highest BCUT2D eigenvalue weighted by Gasteiger charge is 2.42. The molecule has 0 amide bonds. The zero-order chi connectivity index (χ0) is 36.6. The monoisotopic (exact) mass is 726 g/mol. The highest BCUT2D eigenvalue weighted by atomic mass is 32.2. The molecular formula is C42H56N5O2S2+. The average molecular weight is 727 g/mol. The Morgan fingerprint density at radius 3 is 1.92 bits per heavy atom. The van der Waals surface area contributed by atoms with Gasteiger partial charge in [-0.3, -0.25) is 5.32 Å². The number of benzene rings is 4. The molecule has 1 atom stereocenters. The van der Waals surface area contributed by atoms with E-state index in [2.05, 4.69) is 111 Å². The first-order valence-electron chi connectivity index (χ1n) is 18.3. The van der Waals surface area contributed by atoms with Crippen LogP contribution in [0.4, 0.5) is 17.1 Å². The summed E-state index contributed by atoms with van der Waals surface area (Å²) in [5.74, 6) is 0.107. The van der Waals surface area contributed by atoms with Crippen molar-refractivity contribution in [2.75, 3.05) is 49.5 Å². The maximum atomic E-state index is 14.1. The average Bonchev–Trinajstić information content (AvgIpc) is 3.19. The van der Waals surface area contributed by atoms with Gasteiger partial charge in [-0.15, -0.1) is 0 Å². The standard InChI is InChI=1S/C42H55N5O2S2/c1-7-9-26-42(27-10-8-2)31-51(48,49)39-25-24-37(46(3)4)28-38(39)40(45-42)34-18-22-36(23-19-34)44-41(50)43-35-20-16-33(17-21-35)30-47(5,6)29-32-14-12-11-13-15-32/h11-25,28,40,45H,7-10,26-27,29-31H2,1-6H3,(H-,43,44,50)/p+1. The molecule has 0 aromatic heterocycles. The Labute approximate surface area is 312 Å². The van der Waals surface area contributed by atoms with Crippen molar-refractivity contribution in [2.45, 2.75) is 81.9 Å². The van der Waals surface area contributed by atoms with Crippen molar-refractivity contribution in [2.24, 2.45) is 0 Å². The van der Waals surface area contributed by atoms with E-state index < -0.39 is 15.4 Å². The molecule has 272 valence electrons. The Balaban J connectivity index is 1.32. The molecule has 5 rings (SSSR count). The van der Waals surface area contributed by atoms with Crippen LogP contribution in [-0.4, -0.2) is 57.5 Å². The van der Waals surface area contributed by atoms with Gasteiger partial charge in [0.2, 0.25) is 0 Å². The molecule has 0 bridgehead atoms. The number of anilines is 3. The SMILES string of the molecule is CCCCC1(CCCC)CS(=O)(=O)c2ccc(N(C)C)cc2C(c2ccc(NC(=S)Nc3ccc(C[N+](C)(C)Cc4ccccc4)cc3)cc2)N1. The van der Waals surface area contributed by atoms with Gasteiger partial charge in [-0.05, 0) is 78.7 Å². The van der Waals surface area contributed by atoms with Gasteiger partial charge in [0.15, 0.2) is 14.9 Å². The molecule has 0 saturated heterocycles. The number of thiocarbonyl (C=S) groups is 1. The second-order valence-electron chi connectivity index (χ2n) is 15.1. The van der Waals surface area contributed by atoms with Crippen molar-refractivity contribution >= 4 is 44.2 Å². The summed E-state index contributed by atoms with van der Waals surface area (Å²) in [5.41, 5.74) is 6.68. The molecule has 0 spiro atoms. The van der Waals surface area contributed by atoms with Gasteiger partial charge in [-0.2, -0.15) is 0 Å². The number of sulfone groups is 1. The summed E-state index contributed by atoms with van der Waals surface area (Å²) in [6.45, 7) is 6.22. The normalized spacial score (nSPS) is 16.5. The van der Waals surface area contributed by atoms with E-state index in [4.69, 9.17) is 12.2 Å². The van der Waals surface area contributed by atoms with Crippen LogP contribution in [0.2, 0.25) is 0 Å². The van der Waals surface area contributed by atoms with Crippen LogP contribution < -0.4 is 20.9 Å². The Hall–Kier alpha value is -3.76. The lowest BCUT2D eigenvalue weighted by Gasteiger charge is -2.37. The van der Waals surface area contributed by atoms with Crippen LogP contribution in [0.3, 0.4) is 0 Å². The van der Waals surface area contributed by atoms with Crippen LogP contribution in [0.1, 0.15) is 80.7 Å². The molecule has 0 saturated carbocycles. The fourth-order valence-corrected chi connectivity index (χ4v) is 9.57. The van der Waals surface area contributed by atoms with E-state index >= 15 is 0 Å². The fraction of sp³-hybridized carbons (Fsp3) is 0.405. The second-order valence-corrected chi connectivity index (χ2v) is 17.4. The Kier molecular flexibility index (Phi) is 12.6. The highest BCUT2D eigenvalue weighted by Crippen LogP contribution is 2.40. The van der Waals surface area contributed by atoms with Gasteiger partial charge in [0.1, 0.15) is 13.1 Å². The number of hydrogen-bond acceptors (Lipinski definition) is 5. The molecule has 0 radical (unpaired) electrons. The van der Waals surface area contributed by atoms with Crippen molar-refractivity contribution in [1.29, 1.82) is 0 Å². The Morgan fingerprint density at radius 2 is 1.37 bits per heavy atom. The topological polar surface area (TPSA) is 73.5 Å². The predicted molar refractivity (Wildman–Crippen MR) is 218 cm³/mol. The molecule has 9 heteroatoms. The lowest BCUT2D eigenvalue weighted by molar-refractivity contribution is -0.916. The summed E-state index contributed by atoms with van der Waals surface area (Å²) >= 11 is 5.71. The van der Waals surface area contributed by atoms with Crippen molar-refractivity contribution in [1.82, 2.24) is 5.32 Å². The van der Waals surface area contributed by atoms with Gasteiger partial charge in [-0.1, -0.05) is 94.1 Å². The third kappa shape index (κ3) is 10.2. The maximum Gasteiger partial charge on any atom is 0.180 e. The van der Waals surface area contributed by atoms with Gasteiger partial charge in [0.25, 0.3) is 0 Å². The van der Waals surface area contributed by atoms with Crippen LogP contribution >= 0.6 is 12.2 Å². The van der Waals surface area contributed by atoms with E-state index in [1.165, 1.54) is 11.1 Å². The van der Waals surface area contributed by atoms with Gasteiger partial charge in [-0.25, -0.2) is 8.42 Å². The number of fused-ring (bicyclic) bond motifs is 1. The van der Waals surface area contributed by atoms with Crippen molar-refractivity contribution in [3.8, 4) is 0 Å². The smallest absolute Gasteiger partial charge is 0.180 e. The van der Waals surface area contributed by atoms with E-state index in [0.717, 1.165) is 84.3 Å². The number of quaternary nitrogens is 1. The van der Waals surface area contributed by atoms with Crippen LogP contribution in [0.15, 0.2) is 102 Å².